The second-order valence-electron chi connectivity index (χ2n) is 5.81. The maximum atomic E-state index is 12.8. The van der Waals surface area contributed by atoms with Crippen LogP contribution in [0.2, 0.25) is 0 Å². The molecule has 3 rings (SSSR count). The van der Waals surface area contributed by atoms with Gasteiger partial charge in [-0.1, -0.05) is 32.0 Å². The number of aromatic nitrogens is 1. The van der Waals surface area contributed by atoms with E-state index in [-0.39, 0.29) is 11.3 Å². The highest BCUT2D eigenvalue weighted by atomic mass is 16.2. The van der Waals surface area contributed by atoms with Gasteiger partial charge in [-0.05, 0) is 30.5 Å². The lowest BCUT2D eigenvalue weighted by molar-refractivity contribution is 0.0980. The summed E-state index contributed by atoms with van der Waals surface area (Å²) >= 11 is 0. The first kappa shape index (κ1) is 14.4. The fraction of sp³-hybridized carbons (Fsp3) is 0.333. The Kier molecular flexibility index (Phi) is 3.50. The topological polar surface area (TPSA) is 59.9 Å². The quantitative estimate of drug-likeness (QED) is 0.939. The Morgan fingerprint density at radius 2 is 2.09 bits per heavy atom. The Bertz CT molecular complexity index is 750. The number of nitrogens with one attached hydrogen (secondary N) is 1. The molecular formula is C18H19N3O. The number of nitriles is 1. The molecule has 0 bridgehead atoms. The largest absolute Gasteiger partial charge is 0.356 e. The monoisotopic (exact) mass is 293 g/mol. The van der Waals surface area contributed by atoms with E-state index in [2.05, 4.69) is 24.9 Å². The molecule has 0 spiro atoms. The van der Waals surface area contributed by atoms with Crippen LogP contribution in [0.3, 0.4) is 0 Å². The maximum Gasteiger partial charge on any atom is 0.274 e. The summed E-state index contributed by atoms with van der Waals surface area (Å²) in [6, 6.07) is 11.8. The van der Waals surface area contributed by atoms with Crippen molar-refractivity contribution in [2.75, 3.05) is 11.4 Å². The molecule has 0 saturated carbocycles. The first-order valence-electron chi connectivity index (χ1n) is 7.65. The summed E-state index contributed by atoms with van der Waals surface area (Å²) in [6.45, 7) is 5.05. The molecule has 0 atom stereocenters. The summed E-state index contributed by atoms with van der Waals surface area (Å²) in [5, 5.41) is 8.92. The molecular weight excluding hydrogens is 274 g/mol. The molecule has 2 heterocycles. The summed E-state index contributed by atoms with van der Waals surface area (Å²) in [5.41, 5.74) is 3.21. The Morgan fingerprint density at radius 3 is 2.73 bits per heavy atom. The molecule has 0 aliphatic carbocycles. The molecule has 1 aromatic carbocycles. The molecule has 1 N–H and O–H groups in total. The molecule has 1 aromatic heterocycles. The van der Waals surface area contributed by atoms with Gasteiger partial charge in [-0.2, -0.15) is 5.26 Å². The van der Waals surface area contributed by atoms with E-state index >= 15 is 0 Å². The van der Waals surface area contributed by atoms with Crippen LogP contribution in [0, 0.1) is 11.3 Å². The standard InChI is InChI=1S/C18H19N3O/c1-3-18(4-2)12-21(16-8-6-5-7-14(16)18)17(22)15-9-13(10-19)11-20-15/h5-9,11,20H,3-4,12H2,1-2H3. The molecule has 0 fully saturated rings. The van der Waals surface area contributed by atoms with Crippen LogP contribution in [0.25, 0.3) is 0 Å². The van der Waals surface area contributed by atoms with Crippen LogP contribution in [0.1, 0.15) is 48.3 Å². The smallest absolute Gasteiger partial charge is 0.274 e. The number of hydrogen-bond acceptors (Lipinski definition) is 2. The van der Waals surface area contributed by atoms with Gasteiger partial charge in [0.05, 0.1) is 5.56 Å². The first-order valence-corrected chi connectivity index (χ1v) is 7.65. The predicted octanol–water partition coefficient (Wildman–Crippen LogP) is 3.60. The summed E-state index contributed by atoms with van der Waals surface area (Å²) in [6.07, 6.45) is 3.57. The van der Waals surface area contributed by atoms with Gasteiger partial charge in [-0.15, -0.1) is 0 Å². The lowest BCUT2D eigenvalue weighted by Crippen LogP contribution is -2.36. The van der Waals surface area contributed by atoms with E-state index in [4.69, 9.17) is 5.26 Å². The highest BCUT2D eigenvalue weighted by molar-refractivity contribution is 6.06. The van der Waals surface area contributed by atoms with Crippen LogP contribution in [0.5, 0.6) is 0 Å². The molecule has 0 unspecified atom stereocenters. The molecule has 2 aromatic rings. The van der Waals surface area contributed by atoms with E-state index in [0.717, 1.165) is 18.5 Å². The van der Waals surface area contributed by atoms with Crippen molar-refractivity contribution in [1.82, 2.24) is 4.98 Å². The SMILES string of the molecule is CCC1(CC)CN(C(=O)c2cc(C#N)c[nH]2)c2ccccc21. The van der Waals surface area contributed by atoms with Crippen molar-refractivity contribution < 1.29 is 4.79 Å². The maximum absolute atomic E-state index is 12.8. The number of carbonyl (C=O) groups is 1. The normalized spacial score (nSPS) is 15.4. The van der Waals surface area contributed by atoms with Crippen LogP contribution < -0.4 is 4.90 Å². The molecule has 0 saturated heterocycles. The highest BCUT2D eigenvalue weighted by Crippen LogP contribution is 2.45. The lowest BCUT2D eigenvalue weighted by Gasteiger charge is -2.27. The summed E-state index contributed by atoms with van der Waals surface area (Å²) in [7, 11) is 0. The number of nitrogens with zero attached hydrogens (tertiary/aromatic N) is 2. The van der Waals surface area contributed by atoms with Crippen molar-refractivity contribution >= 4 is 11.6 Å². The number of H-pyrrole nitrogens is 1. The second kappa shape index (κ2) is 5.34. The van der Waals surface area contributed by atoms with E-state index in [1.54, 1.807) is 12.3 Å². The van der Waals surface area contributed by atoms with Crippen LogP contribution >= 0.6 is 0 Å². The van der Waals surface area contributed by atoms with Crippen molar-refractivity contribution in [2.45, 2.75) is 32.1 Å². The van der Waals surface area contributed by atoms with Crippen molar-refractivity contribution in [3.05, 3.63) is 53.3 Å². The summed E-state index contributed by atoms with van der Waals surface area (Å²) < 4.78 is 0. The van der Waals surface area contributed by atoms with Crippen molar-refractivity contribution in [2.24, 2.45) is 0 Å². The van der Waals surface area contributed by atoms with E-state index < -0.39 is 0 Å². The number of rotatable bonds is 3. The highest BCUT2D eigenvalue weighted by Gasteiger charge is 2.42. The van der Waals surface area contributed by atoms with E-state index in [1.165, 1.54) is 5.56 Å². The van der Waals surface area contributed by atoms with Gasteiger partial charge in [-0.3, -0.25) is 4.79 Å². The molecule has 1 amide bonds. The minimum Gasteiger partial charge on any atom is -0.356 e. The number of para-hydroxylation sites is 1. The third-order valence-electron chi connectivity index (χ3n) is 4.87. The van der Waals surface area contributed by atoms with Crippen LogP contribution in [-0.4, -0.2) is 17.4 Å². The number of hydrogen-bond donors (Lipinski definition) is 1. The zero-order valence-corrected chi connectivity index (χ0v) is 12.9. The van der Waals surface area contributed by atoms with Gasteiger partial charge in [0.25, 0.3) is 5.91 Å². The van der Waals surface area contributed by atoms with Crippen molar-refractivity contribution in [3.63, 3.8) is 0 Å². The molecule has 4 nitrogen and oxygen atoms in total. The van der Waals surface area contributed by atoms with Gasteiger partial charge in [0.2, 0.25) is 0 Å². The van der Waals surface area contributed by atoms with Crippen molar-refractivity contribution in [1.29, 1.82) is 5.26 Å². The van der Waals surface area contributed by atoms with Crippen LogP contribution in [0.15, 0.2) is 36.5 Å². The average molecular weight is 293 g/mol. The molecule has 22 heavy (non-hydrogen) atoms. The number of carbonyl (C=O) groups excluding carboxylic acids is 1. The van der Waals surface area contributed by atoms with Gasteiger partial charge in [0.15, 0.2) is 0 Å². The first-order chi connectivity index (χ1) is 10.6. The number of anilines is 1. The zero-order chi connectivity index (χ0) is 15.7. The summed E-state index contributed by atoms with van der Waals surface area (Å²) in [5.74, 6) is -0.0716. The van der Waals surface area contributed by atoms with Gasteiger partial charge >= 0.3 is 0 Å². The fourth-order valence-corrected chi connectivity index (χ4v) is 3.39. The number of fused-ring (bicyclic) bond motifs is 1. The zero-order valence-electron chi connectivity index (χ0n) is 12.9. The van der Waals surface area contributed by atoms with Crippen molar-refractivity contribution in [3.8, 4) is 6.07 Å². The summed E-state index contributed by atoms with van der Waals surface area (Å²) in [4.78, 5) is 17.6. The molecule has 1 aliphatic heterocycles. The molecule has 4 heteroatoms. The van der Waals surface area contributed by atoms with Crippen LogP contribution in [0.4, 0.5) is 5.69 Å². The average Bonchev–Trinajstić information content (AvgIpc) is 3.17. The lowest BCUT2D eigenvalue weighted by atomic mass is 9.78. The third-order valence-corrected chi connectivity index (χ3v) is 4.87. The van der Waals surface area contributed by atoms with E-state index in [0.29, 0.717) is 17.8 Å². The Morgan fingerprint density at radius 1 is 1.36 bits per heavy atom. The van der Waals surface area contributed by atoms with Gasteiger partial charge in [0, 0.05) is 23.8 Å². The molecule has 1 aliphatic rings. The van der Waals surface area contributed by atoms with Crippen LogP contribution in [-0.2, 0) is 5.41 Å². The second-order valence-corrected chi connectivity index (χ2v) is 5.81. The van der Waals surface area contributed by atoms with E-state index in [1.807, 2.05) is 29.2 Å². The van der Waals surface area contributed by atoms with Gasteiger partial charge < -0.3 is 9.88 Å². The van der Waals surface area contributed by atoms with E-state index in [9.17, 15) is 4.79 Å². The third kappa shape index (κ3) is 2.01. The minimum absolute atomic E-state index is 0.0247. The number of amides is 1. The number of aromatic amines is 1. The predicted molar refractivity (Wildman–Crippen MR) is 85.9 cm³/mol. The number of benzene rings is 1. The minimum atomic E-state index is -0.0716. The Balaban J connectivity index is 2.02. The van der Waals surface area contributed by atoms with Gasteiger partial charge in [-0.25, -0.2) is 0 Å². The molecule has 112 valence electrons. The Labute approximate surface area is 130 Å². The fourth-order valence-electron chi connectivity index (χ4n) is 3.39. The molecule has 0 radical (unpaired) electrons. The van der Waals surface area contributed by atoms with Gasteiger partial charge in [0.1, 0.15) is 11.8 Å². The Hall–Kier alpha value is -2.54.